The number of rotatable bonds is 0. The topological polar surface area (TPSA) is 87.0 Å². The second kappa shape index (κ2) is 12.6. The van der Waals surface area contributed by atoms with Crippen LogP contribution in [-0.2, 0) is 9.53 Å². The summed E-state index contributed by atoms with van der Waals surface area (Å²) in [4.78, 5) is 11.8. The monoisotopic (exact) mass is 402 g/mol. The molecule has 29 heavy (non-hydrogen) atoms. The molecule has 1 saturated carbocycles. The van der Waals surface area contributed by atoms with Crippen molar-refractivity contribution in [2.24, 2.45) is 11.8 Å². The molecule has 2 rings (SSSR count). The van der Waals surface area contributed by atoms with Crippen molar-refractivity contribution >= 4 is 5.97 Å². The van der Waals surface area contributed by atoms with Gasteiger partial charge in [0.2, 0.25) is 0 Å². The fraction of sp³-hybridized carbons (Fsp3) is 0.542. The van der Waals surface area contributed by atoms with Crippen molar-refractivity contribution in [3.63, 3.8) is 0 Å². The lowest BCUT2D eigenvalue weighted by Crippen LogP contribution is -2.37. The van der Waals surface area contributed by atoms with Crippen molar-refractivity contribution in [3.05, 3.63) is 60.8 Å². The summed E-state index contributed by atoms with van der Waals surface area (Å²) in [5, 5.41) is 30.7. The van der Waals surface area contributed by atoms with Crippen molar-refractivity contribution in [1.82, 2.24) is 0 Å². The van der Waals surface area contributed by atoms with Gasteiger partial charge in [-0.25, -0.2) is 4.79 Å². The summed E-state index contributed by atoms with van der Waals surface area (Å²) in [5.41, 5.74) is 0. The second-order valence-corrected chi connectivity index (χ2v) is 7.90. The number of aliphatic hydroxyl groups is 3. The van der Waals surface area contributed by atoms with E-state index in [9.17, 15) is 20.1 Å². The standard InChI is InChI=1S/C24H34O5/c1-18-10-9-12-20(25)14-15-22-19(16-21(26)17-23(22)27)11-7-5-3-2-4-6-8-13-24(28)29-18/h3-8,11,13-15,18-23,25-27H,2,9-10,12,16-17H2,1H3. The highest BCUT2D eigenvalue weighted by Crippen LogP contribution is 2.33. The van der Waals surface area contributed by atoms with E-state index < -0.39 is 18.3 Å². The Balaban J connectivity index is 2.10. The predicted octanol–water partition coefficient (Wildman–Crippen LogP) is 3.38. The van der Waals surface area contributed by atoms with Crippen LogP contribution in [0.15, 0.2) is 60.8 Å². The van der Waals surface area contributed by atoms with Crippen LogP contribution in [-0.4, -0.2) is 45.7 Å². The molecular weight excluding hydrogens is 368 g/mol. The zero-order valence-corrected chi connectivity index (χ0v) is 17.1. The molecule has 0 aromatic carbocycles. The molecule has 5 nitrogen and oxygen atoms in total. The van der Waals surface area contributed by atoms with E-state index in [0.717, 1.165) is 12.8 Å². The number of allylic oxidation sites excluding steroid dienone is 7. The molecular formula is C24H34O5. The average molecular weight is 403 g/mol. The SMILES string of the molecule is CC1CCCC(O)C=CC2C(O)CC(O)CC2C=CC=CCC=CC=CC(=O)O1. The van der Waals surface area contributed by atoms with Crippen molar-refractivity contribution in [3.8, 4) is 0 Å². The minimum atomic E-state index is -0.632. The molecule has 0 amide bonds. The Morgan fingerprint density at radius 1 is 0.931 bits per heavy atom. The lowest BCUT2D eigenvalue weighted by Gasteiger charge is -2.35. The van der Waals surface area contributed by atoms with Crippen LogP contribution in [0.2, 0.25) is 0 Å². The molecule has 2 aliphatic rings. The lowest BCUT2D eigenvalue weighted by molar-refractivity contribution is -0.142. The van der Waals surface area contributed by atoms with Crippen molar-refractivity contribution in [2.45, 2.75) is 69.9 Å². The Morgan fingerprint density at radius 3 is 2.48 bits per heavy atom. The van der Waals surface area contributed by atoms with Crippen LogP contribution in [0, 0.1) is 11.8 Å². The minimum Gasteiger partial charge on any atom is -0.460 e. The first kappa shape index (κ1) is 23.3. The fourth-order valence-electron chi connectivity index (χ4n) is 3.76. The maximum Gasteiger partial charge on any atom is 0.331 e. The van der Waals surface area contributed by atoms with Crippen molar-refractivity contribution < 1.29 is 24.9 Å². The average Bonchev–Trinajstić information content (AvgIpc) is 2.65. The van der Waals surface area contributed by atoms with E-state index in [4.69, 9.17) is 4.74 Å². The molecule has 1 aliphatic heterocycles. The fourth-order valence-corrected chi connectivity index (χ4v) is 3.76. The molecule has 3 N–H and O–H groups in total. The number of hydrogen-bond acceptors (Lipinski definition) is 5. The summed E-state index contributed by atoms with van der Waals surface area (Å²) < 4.78 is 5.32. The first-order chi connectivity index (χ1) is 14.0. The first-order valence-electron chi connectivity index (χ1n) is 10.6. The Hall–Kier alpha value is -1.95. The van der Waals surface area contributed by atoms with Gasteiger partial charge in [-0.3, -0.25) is 0 Å². The number of aliphatic hydroxyl groups excluding tert-OH is 3. The van der Waals surface area contributed by atoms with E-state index in [2.05, 4.69) is 0 Å². The number of carbonyl (C=O) groups excluding carboxylic acids is 1. The highest BCUT2D eigenvalue weighted by atomic mass is 16.5. The minimum absolute atomic E-state index is 0.0188. The predicted molar refractivity (Wildman–Crippen MR) is 114 cm³/mol. The normalized spacial score (nSPS) is 35.1. The van der Waals surface area contributed by atoms with Gasteiger partial charge in [0, 0.05) is 12.0 Å². The number of carbonyl (C=O) groups is 1. The highest BCUT2D eigenvalue weighted by Gasteiger charge is 2.33. The van der Waals surface area contributed by atoms with Gasteiger partial charge in [0.25, 0.3) is 0 Å². The smallest absolute Gasteiger partial charge is 0.331 e. The van der Waals surface area contributed by atoms with E-state index in [1.807, 2.05) is 49.5 Å². The van der Waals surface area contributed by atoms with E-state index in [1.54, 1.807) is 12.2 Å². The number of hydrogen-bond donors (Lipinski definition) is 3. The number of ether oxygens (including phenoxy) is 1. The van der Waals surface area contributed by atoms with Crippen LogP contribution in [0.3, 0.4) is 0 Å². The van der Waals surface area contributed by atoms with Crippen LogP contribution in [0.4, 0.5) is 0 Å². The number of cyclic esters (lactones) is 1. The van der Waals surface area contributed by atoms with Gasteiger partial charge in [0.1, 0.15) is 0 Å². The molecule has 1 heterocycles. The Bertz CT molecular complexity index is 646. The van der Waals surface area contributed by atoms with Gasteiger partial charge in [-0.15, -0.1) is 0 Å². The summed E-state index contributed by atoms with van der Waals surface area (Å²) in [6.07, 6.45) is 20.0. The van der Waals surface area contributed by atoms with Gasteiger partial charge in [0.05, 0.1) is 24.4 Å². The molecule has 0 spiro atoms. The molecule has 6 unspecified atom stereocenters. The number of esters is 1. The number of fused-ring (bicyclic) bond motifs is 1. The summed E-state index contributed by atoms with van der Waals surface area (Å²) >= 11 is 0. The van der Waals surface area contributed by atoms with Gasteiger partial charge < -0.3 is 20.1 Å². The molecule has 160 valence electrons. The molecule has 1 aliphatic carbocycles. The van der Waals surface area contributed by atoms with Crippen LogP contribution < -0.4 is 0 Å². The van der Waals surface area contributed by atoms with Gasteiger partial charge in [-0.2, -0.15) is 0 Å². The molecule has 0 radical (unpaired) electrons. The molecule has 6 atom stereocenters. The Morgan fingerprint density at radius 2 is 1.69 bits per heavy atom. The van der Waals surface area contributed by atoms with Crippen LogP contribution in [0.1, 0.15) is 45.4 Å². The van der Waals surface area contributed by atoms with Gasteiger partial charge in [-0.05, 0) is 51.4 Å². The maximum absolute atomic E-state index is 11.8. The highest BCUT2D eigenvalue weighted by molar-refractivity contribution is 5.82. The van der Waals surface area contributed by atoms with Crippen molar-refractivity contribution in [1.29, 1.82) is 0 Å². The maximum atomic E-state index is 11.8. The quantitative estimate of drug-likeness (QED) is 0.427. The zero-order valence-electron chi connectivity index (χ0n) is 17.1. The second-order valence-electron chi connectivity index (χ2n) is 7.90. The molecule has 5 heteroatoms. The molecule has 0 aromatic heterocycles. The van der Waals surface area contributed by atoms with E-state index in [-0.39, 0.29) is 23.9 Å². The third kappa shape index (κ3) is 8.94. The van der Waals surface area contributed by atoms with E-state index in [0.29, 0.717) is 25.7 Å². The van der Waals surface area contributed by atoms with E-state index in [1.165, 1.54) is 6.08 Å². The Labute approximate surface area is 173 Å². The lowest BCUT2D eigenvalue weighted by atomic mass is 9.75. The summed E-state index contributed by atoms with van der Waals surface area (Å²) in [6.45, 7) is 1.85. The summed E-state index contributed by atoms with van der Waals surface area (Å²) in [7, 11) is 0. The molecule has 0 aromatic rings. The van der Waals surface area contributed by atoms with Gasteiger partial charge in [-0.1, -0.05) is 54.7 Å². The third-order valence-electron chi connectivity index (χ3n) is 5.34. The molecule has 1 fully saturated rings. The molecule has 0 bridgehead atoms. The van der Waals surface area contributed by atoms with Crippen LogP contribution in [0.5, 0.6) is 0 Å². The summed E-state index contributed by atoms with van der Waals surface area (Å²) in [5.74, 6) is -0.478. The van der Waals surface area contributed by atoms with E-state index >= 15 is 0 Å². The Kier molecular flexibility index (Phi) is 10.1. The molecule has 0 saturated heterocycles. The zero-order chi connectivity index (χ0) is 21.1. The van der Waals surface area contributed by atoms with Crippen molar-refractivity contribution in [2.75, 3.05) is 0 Å². The van der Waals surface area contributed by atoms with Gasteiger partial charge in [0.15, 0.2) is 0 Å². The van der Waals surface area contributed by atoms with Gasteiger partial charge >= 0.3 is 5.97 Å². The largest absolute Gasteiger partial charge is 0.460 e. The third-order valence-corrected chi connectivity index (χ3v) is 5.34. The summed E-state index contributed by atoms with van der Waals surface area (Å²) in [6, 6.07) is 0. The van der Waals surface area contributed by atoms with Crippen LogP contribution >= 0.6 is 0 Å². The first-order valence-corrected chi connectivity index (χ1v) is 10.6. The van der Waals surface area contributed by atoms with Crippen LogP contribution in [0.25, 0.3) is 0 Å².